The minimum atomic E-state index is -0.301. The predicted octanol–water partition coefficient (Wildman–Crippen LogP) is 4.53. The smallest absolute Gasteiger partial charge is 0.311 e. The van der Waals surface area contributed by atoms with Gasteiger partial charge in [-0.3, -0.25) is 10.2 Å². The van der Waals surface area contributed by atoms with Crippen molar-refractivity contribution in [3.63, 3.8) is 0 Å². The highest BCUT2D eigenvalue weighted by Crippen LogP contribution is 2.37. The maximum absolute atomic E-state index is 11.5. The monoisotopic (exact) mass is 425 g/mol. The summed E-state index contributed by atoms with van der Waals surface area (Å²) in [6, 6.07) is 3.56. The summed E-state index contributed by atoms with van der Waals surface area (Å²) in [6.07, 6.45) is 1.73. The molecule has 1 aromatic heterocycles. The van der Waals surface area contributed by atoms with E-state index in [4.69, 9.17) is 25.8 Å². The van der Waals surface area contributed by atoms with E-state index >= 15 is 0 Å². The topological polar surface area (TPSA) is 82.0 Å². The Morgan fingerprint density at radius 2 is 2.14 bits per heavy atom. The number of carbonyl (C=O) groups is 1. The van der Waals surface area contributed by atoms with Gasteiger partial charge in [-0.15, -0.1) is 11.3 Å². The van der Waals surface area contributed by atoms with Gasteiger partial charge in [-0.2, -0.15) is 5.10 Å². The number of hydrogen-bond acceptors (Lipinski definition) is 8. The highest BCUT2D eigenvalue weighted by atomic mass is 35.5. The molecule has 2 rings (SSSR count). The summed E-state index contributed by atoms with van der Waals surface area (Å²) >= 11 is 7.70. The Balaban J connectivity index is 2.05. The van der Waals surface area contributed by atoms with Crippen LogP contribution in [0, 0.1) is 0 Å². The fourth-order valence-corrected chi connectivity index (χ4v) is 3.16. The highest BCUT2D eigenvalue weighted by molar-refractivity contribution is 7.13. The van der Waals surface area contributed by atoms with Crippen LogP contribution in [0.4, 0.5) is 5.13 Å². The van der Waals surface area contributed by atoms with E-state index in [1.807, 2.05) is 26.8 Å². The van der Waals surface area contributed by atoms with E-state index in [2.05, 4.69) is 15.5 Å². The summed E-state index contributed by atoms with van der Waals surface area (Å²) in [5.74, 6) is 0.785. The lowest BCUT2D eigenvalue weighted by molar-refractivity contribution is -0.142. The summed E-state index contributed by atoms with van der Waals surface area (Å²) in [5.41, 5.74) is 4.23. The van der Waals surface area contributed by atoms with Crippen molar-refractivity contribution in [1.29, 1.82) is 0 Å². The highest BCUT2D eigenvalue weighted by Gasteiger charge is 2.13. The molecule has 0 spiro atoms. The molecule has 0 aliphatic carbocycles. The molecule has 0 fully saturated rings. The fourth-order valence-electron chi connectivity index (χ4n) is 2.24. The standard InChI is InChI=1S/C19H24ClN3O4S/c1-5-25-16-8-13(7-15(20)18(16)27-12(3)4)10-21-23-19-22-14(11-28-19)9-17(24)26-6-2/h7-8,10-12H,5-6,9H2,1-4H3,(H,22,23). The van der Waals surface area contributed by atoms with E-state index in [1.54, 1.807) is 24.6 Å². The summed E-state index contributed by atoms with van der Waals surface area (Å²) in [7, 11) is 0. The molecule has 0 saturated heterocycles. The zero-order chi connectivity index (χ0) is 20.5. The molecule has 28 heavy (non-hydrogen) atoms. The molecule has 1 aromatic carbocycles. The van der Waals surface area contributed by atoms with E-state index in [-0.39, 0.29) is 18.5 Å². The van der Waals surface area contributed by atoms with Crippen LogP contribution in [0.25, 0.3) is 0 Å². The lowest BCUT2D eigenvalue weighted by Crippen LogP contribution is -2.08. The molecule has 9 heteroatoms. The van der Waals surface area contributed by atoms with Crippen molar-refractivity contribution in [2.45, 2.75) is 40.2 Å². The lowest BCUT2D eigenvalue weighted by Gasteiger charge is -2.16. The molecule has 1 N–H and O–H groups in total. The number of halogens is 1. The lowest BCUT2D eigenvalue weighted by atomic mass is 10.2. The number of carbonyl (C=O) groups excluding carboxylic acids is 1. The number of anilines is 1. The minimum Gasteiger partial charge on any atom is -0.490 e. The molecule has 0 aliphatic heterocycles. The largest absolute Gasteiger partial charge is 0.490 e. The molecule has 0 amide bonds. The number of thiazole rings is 1. The average molecular weight is 426 g/mol. The van der Waals surface area contributed by atoms with Gasteiger partial charge in [0.05, 0.1) is 42.7 Å². The number of nitrogens with zero attached hydrogens (tertiary/aromatic N) is 2. The van der Waals surface area contributed by atoms with Gasteiger partial charge < -0.3 is 14.2 Å². The molecule has 0 unspecified atom stereocenters. The van der Waals surface area contributed by atoms with E-state index in [1.165, 1.54) is 11.3 Å². The van der Waals surface area contributed by atoms with Crippen molar-refractivity contribution in [3.05, 3.63) is 33.8 Å². The van der Waals surface area contributed by atoms with Crippen molar-refractivity contribution >= 4 is 40.3 Å². The molecule has 0 aliphatic rings. The molecular weight excluding hydrogens is 402 g/mol. The van der Waals surface area contributed by atoms with Gasteiger partial charge in [0.1, 0.15) is 0 Å². The van der Waals surface area contributed by atoms with Gasteiger partial charge >= 0.3 is 5.97 Å². The second-order valence-corrected chi connectivity index (χ2v) is 7.19. The molecule has 0 saturated carbocycles. The molecule has 0 radical (unpaired) electrons. The number of esters is 1. The van der Waals surface area contributed by atoms with Crippen LogP contribution < -0.4 is 14.9 Å². The number of nitrogens with one attached hydrogen (secondary N) is 1. The Morgan fingerprint density at radius 1 is 1.36 bits per heavy atom. The van der Waals surface area contributed by atoms with Crippen molar-refractivity contribution in [1.82, 2.24) is 4.98 Å². The summed E-state index contributed by atoms with van der Waals surface area (Å²) in [5, 5.41) is 6.99. The van der Waals surface area contributed by atoms with Crippen LogP contribution >= 0.6 is 22.9 Å². The summed E-state index contributed by atoms with van der Waals surface area (Å²) in [6.45, 7) is 8.36. The molecule has 7 nitrogen and oxygen atoms in total. The Kier molecular flexibility index (Phi) is 8.53. The molecule has 2 aromatic rings. The number of aromatic nitrogens is 1. The first-order chi connectivity index (χ1) is 13.4. The van der Waals surface area contributed by atoms with Gasteiger partial charge in [0, 0.05) is 5.38 Å². The number of benzene rings is 1. The molecule has 1 heterocycles. The molecule has 0 bridgehead atoms. The van der Waals surface area contributed by atoms with E-state index in [0.29, 0.717) is 40.6 Å². The van der Waals surface area contributed by atoms with Crippen molar-refractivity contribution in [3.8, 4) is 11.5 Å². The third-order valence-electron chi connectivity index (χ3n) is 3.24. The third-order valence-corrected chi connectivity index (χ3v) is 4.32. The number of rotatable bonds is 10. The number of ether oxygens (including phenoxy) is 3. The van der Waals surface area contributed by atoms with Crippen LogP contribution in [0.5, 0.6) is 11.5 Å². The fraction of sp³-hybridized carbons (Fsp3) is 0.421. The van der Waals surface area contributed by atoms with Gasteiger partial charge in [0.2, 0.25) is 5.13 Å². The van der Waals surface area contributed by atoms with Crippen LogP contribution in [0.1, 0.15) is 39.0 Å². The van der Waals surface area contributed by atoms with Gasteiger partial charge in [0.25, 0.3) is 0 Å². The maximum Gasteiger partial charge on any atom is 0.311 e. The SMILES string of the molecule is CCOC(=O)Cc1csc(NN=Cc2cc(Cl)c(OC(C)C)c(OCC)c2)n1. The van der Waals surface area contributed by atoms with Crippen molar-refractivity contribution < 1.29 is 19.0 Å². The van der Waals surface area contributed by atoms with Crippen molar-refractivity contribution in [2.75, 3.05) is 18.6 Å². The molecule has 0 atom stereocenters. The maximum atomic E-state index is 11.5. The normalized spacial score (nSPS) is 11.1. The minimum absolute atomic E-state index is 0.0217. The molecular formula is C19H24ClN3O4S. The van der Waals surface area contributed by atoms with E-state index in [0.717, 1.165) is 5.56 Å². The zero-order valence-electron chi connectivity index (χ0n) is 16.3. The van der Waals surface area contributed by atoms with E-state index in [9.17, 15) is 4.79 Å². The second kappa shape index (κ2) is 10.9. The first-order valence-electron chi connectivity index (χ1n) is 8.95. The Morgan fingerprint density at radius 3 is 2.82 bits per heavy atom. The van der Waals surface area contributed by atoms with Crippen LogP contribution in [0.3, 0.4) is 0 Å². The second-order valence-electron chi connectivity index (χ2n) is 5.93. The van der Waals surface area contributed by atoms with Crippen LogP contribution in [0.2, 0.25) is 5.02 Å². The zero-order valence-corrected chi connectivity index (χ0v) is 17.9. The summed E-state index contributed by atoms with van der Waals surface area (Å²) in [4.78, 5) is 15.8. The van der Waals surface area contributed by atoms with Crippen LogP contribution in [0.15, 0.2) is 22.6 Å². The first kappa shape index (κ1) is 22.0. The Bertz CT molecular complexity index is 824. The number of hydrazone groups is 1. The third kappa shape index (κ3) is 6.69. The summed E-state index contributed by atoms with van der Waals surface area (Å²) < 4.78 is 16.3. The van der Waals surface area contributed by atoms with Gasteiger partial charge in [-0.05, 0) is 45.4 Å². The van der Waals surface area contributed by atoms with Gasteiger partial charge in [-0.25, -0.2) is 4.98 Å². The quantitative estimate of drug-likeness (QED) is 0.342. The predicted molar refractivity (Wildman–Crippen MR) is 112 cm³/mol. The molecule has 152 valence electrons. The number of hydrogen-bond donors (Lipinski definition) is 1. The average Bonchev–Trinajstić information content (AvgIpc) is 3.05. The first-order valence-corrected chi connectivity index (χ1v) is 10.2. The van der Waals surface area contributed by atoms with E-state index < -0.39 is 0 Å². The van der Waals surface area contributed by atoms with Gasteiger partial charge in [-0.1, -0.05) is 11.6 Å². The van der Waals surface area contributed by atoms with Crippen LogP contribution in [-0.4, -0.2) is 36.5 Å². The van der Waals surface area contributed by atoms with Crippen molar-refractivity contribution in [2.24, 2.45) is 5.10 Å². The Labute approximate surface area is 173 Å². The van der Waals surface area contributed by atoms with Gasteiger partial charge in [0.15, 0.2) is 11.5 Å². The van der Waals surface area contributed by atoms with Crippen LogP contribution in [-0.2, 0) is 16.0 Å². The Hall–Kier alpha value is -2.32.